The van der Waals surface area contributed by atoms with Gasteiger partial charge in [-0.25, -0.2) is 0 Å². The van der Waals surface area contributed by atoms with E-state index < -0.39 is 15.3 Å². The summed E-state index contributed by atoms with van der Waals surface area (Å²) in [5, 5.41) is 0. The molecule has 0 aliphatic rings. The van der Waals surface area contributed by atoms with Crippen molar-refractivity contribution in [2.24, 2.45) is 0 Å². The summed E-state index contributed by atoms with van der Waals surface area (Å²) in [4.78, 5) is 0. The van der Waals surface area contributed by atoms with Crippen molar-refractivity contribution in [2.75, 3.05) is 0 Å². The number of hydrogen-bond donors (Lipinski definition) is 0. The van der Waals surface area contributed by atoms with Crippen LogP contribution in [0, 0.1) is 0 Å². The molecule has 0 aromatic rings. The van der Waals surface area contributed by atoms with Gasteiger partial charge < -0.3 is 0 Å². The molecule has 0 fully saturated rings. The van der Waals surface area contributed by atoms with Crippen LogP contribution >= 0.6 is 0 Å². The molecule has 0 atom stereocenters. The van der Waals surface area contributed by atoms with Crippen molar-refractivity contribution >= 4 is 23.0 Å². The molecule has 0 bridgehead atoms. The quantitative estimate of drug-likeness (QED) is 0.392. The second-order valence-corrected chi connectivity index (χ2v) is 0.433. The summed E-state index contributed by atoms with van der Waals surface area (Å²) < 4.78 is 24.8. The molecule has 5 heavy (non-hydrogen) atoms. The van der Waals surface area contributed by atoms with E-state index in [9.17, 15) is 0 Å². The van der Waals surface area contributed by atoms with Crippen molar-refractivity contribution in [1.29, 1.82) is 0 Å². The van der Waals surface area contributed by atoms with Gasteiger partial charge in [-0.15, -0.1) is 0 Å². The van der Waals surface area contributed by atoms with E-state index in [0.29, 0.717) is 0 Å². The fourth-order valence-electron chi connectivity index (χ4n) is 0. The molecular weight excluding hydrogens is 131 g/mol. The molecule has 0 saturated carbocycles. The Morgan fingerprint density at radius 1 is 1.20 bits per heavy atom. The Morgan fingerprint density at radius 3 is 1.20 bits per heavy atom. The predicted octanol–water partition coefficient (Wildman–Crippen LogP) is -1.12. The first-order valence-corrected chi connectivity index (χ1v) is 2.36. The van der Waals surface area contributed by atoms with E-state index in [4.69, 9.17) is 12.3 Å². The molecular formula is BGeO3. The fraction of sp³-hybridized carbons (Fsp3) is 0. The molecule has 0 aliphatic heterocycles. The van der Waals surface area contributed by atoms with Gasteiger partial charge in [-0.2, -0.15) is 0 Å². The van der Waals surface area contributed by atoms with Gasteiger partial charge in [0, 0.05) is 0 Å². The molecule has 0 aliphatic carbocycles. The Hall–Kier alpha value is 0.00779. The first kappa shape index (κ1) is 8.89. The fourth-order valence-corrected chi connectivity index (χ4v) is 0. The first-order chi connectivity index (χ1) is 2.41. The van der Waals surface area contributed by atoms with Gasteiger partial charge in [0.05, 0.1) is 0 Å². The molecule has 0 saturated heterocycles. The van der Waals surface area contributed by atoms with E-state index in [1.165, 1.54) is 0 Å². The number of rotatable bonds is 0. The maximum atomic E-state index is 8.50. The molecule has 0 aromatic heterocycles. The third-order valence-electron chi connectivity index (χ3n) is 0. The van der Waals surface area contributed by atoms with Gasteiger partial charge in [-0.1, -0.05) is 0 Å². The van der Waals surface area contributed by atoms with Crippen molar-refractivity contribution in [3.63, 3.8) is 0 Å². The van der Waals surface area contributed by atoms with Gasteiger partial charge >= 0.3 is 35.3 Å². The van der Waals surface area contributed by atoms with E-state index in [1.807, 2.05) is 0 Å². The maximum absolute atomic E-state index is 8.50. The second kappa shape index (κ2) is 35.7. The van der Waals surface area contributed by atoms with Crippen LogP contribution in [0.3, 0.4) is 0 Å². The molecule has 1 radical (unpaired) electrons. The Balaban J connectivity index is 0. The summed E-state index contributed by atoms with van der Waals surface area (Å²) in [6, 6.07) is 0. The molecule has 0 spiro atoms. The molecule has 5 heteroatoms. The van der Waals surface area contributed by atoms with Crippen LogP contribution in [0.1, 0.15) is 0 Å². The van der Waals surface area contributed by atoms with Crippen molar-refractivity contribution in [2.45, 2.75) is 0 Å². The van der Waals surface area contributed by atoms with E-state index in [0.717, 1.165) is 0 Å². The summed E-state index contributed by atoms with van der Waals surface area (Å²) in [6.07, 6.45) is 0. The molecule has 0 aromatic carbocycles. The summed E-state index contributed by atoms with van der Waals surface area (Å²) in [5.41, 5.74) is 0. The van der Waals surface area contributed by atoms with Gasteiger partial charge in [-0.05, 0) is 0 Å². The van der Waals surface area contributed by atoms with Crippen molar-refractivity contribution in [3.05, 3.63) is 0 Å². The Morgan fingerprint density at radius 2 is 1.20 bits per heavy atom. The Labute approximate surface area is 36.1 Å². The minimum atomic E-state index is -2.00. The number of hydrogen-bond acceptors (Lipinski definition) is 3. The summed E-state index contributed by atoms with van der Waals surface area (Å²) in [5.74, 6) is 0. The van der Waals surface area contributed by atoms with Gasteiger partial charge in [0.15, 0.2) is 0 Å². The second-order valence-electron chi connectivity index (χ2n) is 0.0833. The van der Waals surface area contributed by atoms with E-state index in [2.05, 4.69) is 7.72 Å². The van der Waals surface area contributed by atoms with Gasteiger partial charge in [0.1, 0.15) is 0 Å². The SMILES string of the molecule is [B]=O.[O]=[Ge]=[O]. The standard InChI is InChI=1S/BO.GeO2/c1-2;2-1-3. The third kappa shape index (κ3) is 266000. The van der Waals surface area contributed by atoms with E-state index in [-0.39, 0.29) is 0 Å². The summed E-state index contributed by atoms with van der Waals surface area (Å²) >= 11 is -2.00. The minimum absolute atomic E-state index is 2.00. The zero-order valence-electron chi connectivity index (χ0n) is 2.30. The summed E-state index contributed by atoms with van der Waals surface area (Å²) in [7, 11) is 3.25. The Kier molecular flexibility index (Phi) is 63.5. The molecule has 3 nitrogen and oxygen atoms in total. The van der Waals surface area contributed by atoms with Gasteiger partial charge in [0.2, 0.25) is 0 Å². The van der Waals surface area contributed by atoms with Crippen LogP contribution in [0.4, 0.5) is 0 Å². The van der Waals surface area contributed by atoms with Crippen molar-refractivity contribution in [3.8, 4) is 0 Å². The molecule has 0 unspecified atom stereocenters. The summed E-state index contributed by atoms with van der Waals surface area (Å²) in [6.45, 7) is 0. The van der Waals surface area contributed by atoms with Gasteiger partial charge in [-0.3, -0.25) is 0 Å². The van der Waals surface area contributed by atoms with Crippen LogP contribution in [0.2, 0.25) is 0 Å². The van der Waals surface area contributed by atoms with E-state index >= 15 is 0 Å². The molecule has 0 amide bonds. The van der Waals surface area contributed by atoms with Crippen LogP contribution in [0.5, 0.6) is 0 Å². The van der Waals surface area contributed by atoms with Crippen molar-refractivity contribution in [1.82, 2.24) is 0 Å². The van der Waals surface area contributed by atoms with Gasteiger partial charge in [0.25, 0.3) is 0 Å². The molecule has 0 N–H and O–H groups in total. The normalized spacial score (nSPS) is 2.20. The Bertz CT molecular complexity index is 36.2. The van der Waals surface area contributed by atoms with Crippen LogP contribution < -0.4 is 0 Å². The van der Waals surface area contributed by atoms with Crippen molar-refractivity contribution < 1.29 is 12.3 Å². The zero-order valence-corrected chi connectivity index (χ0v) is 4.40. The topological polar surface area (TPSA) is 51.2 Å². The average Bonchev–Trinajstić information content (AvgIpc) is 1.46. The monoisotopic (exact) mass is 133 g/mol. The first-order valence-electron chi connectivity index (χ1n) is 0.644. The van der Waals surface area contributed by atoms with Crippen LogP contribution in [-0.4, -0.2) is 23.0 Å². The molecule has 0 rings (SSSR count). The van der Waals surface area contributed by atoms with E-state index in [1.54, 1.807) is 0 Å². The van der Waals surface area contributed by atoms with Crippen LogP contribution in [-0.2, 0) is 12.3 Å². The predicted molar refractivity (Wildman–Crippen MR) is 13.6 cm³/mol. The van der Waals surface area contributed by atoms with Crippen LogP contribution in [0.25, 0.3) is 0 Å². The van der Waals surface area contributed by atoms with Crippen LogP contribution in [0.15, 0.2) is 0 Å². The third-order valence-corrected chi connectivity index (χ3v) is 0. The zero-order chi connectivity index (χ0) is 4.71. The molecule has 25 valence electrons. The average molecular weight is 131 g/mol. The molecule has 0 heterocycles.